The van der Waals surface area contributed by atoms with E-state index in [1.807, 2.05) is 31.2 Å². The summed E-state index contributed by atoms with van der Waals surface area (Å²) in [5.74, 6) is -0.0388. The third-order valence-corrected chi connectivity index (χ3v) is 2.80. The third kappa shape index (κ3) is 1.94. The number of benzene rings is 1. The van der Waals surface area contributed by atoms with Gasteiger partial charge in [0.05, 0.1) is 6.61 Å². The molecule has 86 valence electrons. The van der Waals surface area contributed by atoms with Crippen LogP contribution in [0.5, 0.6) is 0 Å². The largest absolute Gasteiger partial charge is 0.365 e. The van der Waals surface area contributed by atoms with Crippen LogP contribution in [0.1, 0.15) is 5.56 Å². The van der Waals surface area contributed by atoms with E-state index in [1.54, 1.807) is 4.90 Å². The highest BCUT2D eigenvalue weighted by Crippen LogP contribution is 2.22. The monoisotopic (exact) mass is 220 g/mol. The zero-order valence-electron chi connectivity index (χ0n) is 9.35. The summed E-state index contributed by atoms with van der Waals surface area (Å²) in [4.78, 5) is 13.8. The molecule has 1 aromatic carbocycles. The van der Waals surface area contributed by atoms with Gasteiger partial charge in [-0.15, -0.1) is 0 Å². The van der Waals surface area contributed by atoms with Crippen molar-refractivity contribution in [1.82, 2.24) is 0 Å². The number of rotatable bonds is 2. The molecule has 1 fully saturated rings. The van der Waals surface area contributed by atoms with Crippen LogP contribution >= 0.6 is 0 Å². The normalized spacial score (nSPS) is 21.2. The van der Waals surface area contributed by atoms with Gasteiger partial charge in [-0.05, 0) is 18.6 Å². The van der Waals surface area contributed by atoms with Gasteiger partial charge in [-0.25, -0.2) is 0 Å². The highest BCUT2D eigenvalue weighted by Gasteiger charge is 2.29. The van der Waals surface area contributed by atoms with Crippen molar-refractivity contribution in [2.45, 2.75) is 13.0 Å². The number of hydrogen-bond donors (Lipinski definition) is 1. The van der Waals surface area contributed by atoms with Crippen LogP contribution in [0.2, 0.25) is 0 Å². The standard InChI is InChI=1S/C12H16N2O2/c1-9-4-2-3-5-10(9)14-6-7-16-11(8-13)12(14)15/h2-5,11H,6-8,13H2,1H3. The number of ether oxygens (including phenoxy) is 1. The molecule has 1 aromatic rings. The van der Waals surface area contributed by atoms with E-state index in [4.69, 9.17) is 10.5 Å². The molecule has 1 amide bonds. The Labute approximate surface area is 95.0 Å². The minimum Gasteiger partial charge on any atom is -0.365 e. The second-order valence-electron chi connectivity index (χ2n) is 3.87. The van der Waals surface area contributed by atoms with Crippen LogP contribution in [0.4, 0.5) is 5.69 Å². The number of nitrogens with zero attached hydrogens (tertiary/aromatic N) is 1. The topological polar surface area (TPSA) is 55.6 Å². The maximum absolute atomic E-state index is 12.0. The van der Waals surface area contributed by atoms with Gasteiger partial charge in [-0.2, -0.15) is 0 Å². The molecule has 0 aromatic heterocycles. The van der Waals surface area contributed by atoms with E-state index in [1.165, 1.54) is 0 Å². The van der Waals surface area contributed by atoms with Crippen molar-refractivity contribution in [3.05, 3.63) is 29.8 Å². The summed E-state index contributed by atoms with van der Waals surface area (Å²) in [7, 11) is 0. The van der Waals surface area contributed by atoms with Gasteiger partial charge < -0.3 is 15.4 Å². The summed E-state index contributed by atoms with van der Waals surface area (Å²) in [6.07, 6.45) is -0.492. The Balaban J connectivity index is 2.27. The van der Waals surface area contributed by atoms with Gasteiger partial charge in [0, 0.05) is 18.8 Å². The quantitative estimate of drug-likeness (QED) is 0.797. The molecule has 0 aliphatic carbocycles. The molecule has 2 N–H and O–H groups in total. The Morgan fingerprint density at radius 3 is 2.94 bits per heavy atom. The van der Waals surface area contributed by atoms with Crippen LogP contribution in [0, 0.1) is 6.92 Å². The van der Waals surface area contributed by atoms with E-state index in [0.29, 0.717) is 13.2 Å². The van der Waals surface area contributed by atoms with E-state index in [2.05, 4.69) is 0 Å². The summed E-state index contributed by atoms with van der Waals surface area (Å²) in [5, 5.41) is 0. The highest BCUT2D eigenvalue weighted by molar-refractivity contribution is 5.97. The average molecular weight is 220 g/mol. The zero-order chi connectivity index (χ0) is 11.5. The molecule has 1 aliphatic rings. The SMILES string of the molecule is Cc1ccccc1N1CCOC(CN)C1=O. The Bertz CT molecular complexity index is 392. The fourth-order valence-electron chi connectivity index (χ4n) is 1.92. The second-order valence-corrected chi connectivity index (χ2v) is 3.87. The molecule has 1 aliphatic heterocycles. The lowest BCUT2D eigenvalue weighted by atomic mass is 10.1. The van der Waals surface area contributed by atoms with Gasteiger partial charge >= 0.3 is 0 Å². The van der Waals surface area contributed by atoms with Crippen molar-refractivity contribution in [2.24, 2.45) is 5.73 Å². The van der Waals surface area contributed by atoms with Crippen molar-refractivity contribution in [2.75, 3.05) is 24.6 Å². The van der Waals surface area contributed by atoms with Gasteiger partial charge in [0.15, 0.2) is 0 Å². The number of morpholine rings is 1. The van der Waals surface area contributed by atoms with Gasteiger partial charge in [0.1, 0.15) is 6.10 Å². The predicted molar refractivity (Wildman–Crippen MR) is 62.3 cm³/mol. The molecule has 0 radical (unpaired) electrons. The number of nitrogens with two attached hydrogens (primary N) is 1. The predicted octanol–water partition coefficient (Wildman–Crippen LogP) is 0.686. The Kier molecular flexibility index (Phi) is 3.22. The highest BCUT2D eigenvalue weighted by atomic mass is 16.5. The van der Waals surface area contributed by atoms with Crippen molar-refractivity contribution >= 4 is 11.6 Å². The number of aryl methyl sites for hydroxylation is 1. The van der Waals surface area contributed by atoms with Crippen LogP contribution < -0.4 is 10.6 Å². The number of carbonyl (C=O) groups is 1. The number of anilines is 1. The van der Waals surface area contributed by atoms with Crippen molar-refractivity contribution in [3.63, 3.8) is 0 Å². The molecule has 0 bridgehead atoms. The lowest BCUT2D eigenvalue weighted by Crippen LogP contribution is -2.50. The van der Waals surface area contributed by atoms with Crippen LogP contribution in [-0.2, 0) is 9.53 Å². The first-order chi connectivity index (χ1) is 7.74. The van der Waals surface area contributed by atoms with Crippen LogP contribution in [0.3, 0.4) is 0 Å². The van der Waals surface area contributed by atoms with E-state index in [9.17, 15) is 4.79 Å². The Morgan fingerprint density at radius 1 is 1.50 bits per heavy atom. The molecular formula is C12H16N2O2. The van der Waals surface area contributed by atoms with Crippen molar-refractivity contribution in [3.8, 4) is 0 Å². The van der Waals surface area contributed by atoms with Gasteiger partial charge in [-0.1, -0.05) is 18.2 Å². The molecular weight excluding hydrogens is 204 g/mol. The molecule has 1 heterocycles. The number of hydrogen-bond acceptors (Lipinski definition) is 3. The minimum atomic E-state index is -0.492. The maximum Gasteiger partial charge on any atom is 0.257 e. The van der Waals surface area contributed by atoms with E-state index >= 15 is 0 Å². The van der Waals surface area contributed by atoms with Crippen molar-refractivity contribution < 1.29 is 9.53 Å². The Morgan fingerprint density at radius 2 is 2.25 bits per heavy atom. The van der Waals surface area contributed by atoms with Crippen molar-refractivity contribution in [1.29, 1.82) is 0 Å². The molecule has 2 rings (SSSR count). The van der Waals surface area contributed by atoms with Gasteiger partial charge in [-0.3, -0.25) is 4.79 Å². The summed E-state index contributed by atoms with van der Waals surface area (Å²) in [6, 6.07) is 7.84. The molecule has 1 unspecified atom stereocenters. The average Bonchev–Trinajstić information content (AvgIpc) is 2.31. The fraction of sp³-hybridized carbons (Fsp3) is 0.417. The van der Waals surface area contributed by atoms with Crippen LogP contribution in [0.15, 0.2) is 24.3 Å². The summed E-state index contributed by atoms with van der Waals surface area (Å²) in [6.45, 7) is 3.37. The third-order valence-electron chi connectivity index (χ3n) is 2.80. The Hall–Kier alpha value is -1.39. The zero-order valence-corrected chi connectivity index (χ0v) is 9.35. The molecule has 1 saturated heterocycles. The molecule has 4 heteroatoms. The first-order valence-electron chi connectivity index (χ1n) is 5.42. The van der Waals surface area contributed by atoms with Crippen LogP contribution in [0.25, 0.3) is 0 Å². The first-order valence-corrected chi connectivity index (χ1v) is 5.42. The van der Waals surface area contributed by atoms with E-state index < -0.39 is 6.10 Å². The molecule has 0 spiro atoms. The number of amides is 1. The van der Waals surface area contributed by atoms with Gasteiger partial charge in [0.2, 0.25) is 0 Å². The van der Waals surface area contributed by atoms with E-state index in [0.717, 1.165) is 11.3 Å². The number of para-hydroxylation sites is 1. The number of carbonyl (C=O) groups excluding carboxylic acids is 1. The first kappa shape index (κ1) is 11.1. The molecule has 16 heavy (non-hydrogen) atoms. The lowest BCUT2D eigenvalue weighted by Gasteiger charge is -2.32. The minimum absolute atomic E-state index is 0.0388. The fourth-order valence-corrected chi connectivity index (χ4v) is 1.92. The summed E-state index contributed by atoms with van der Waals surface area (Å²) >= 11 is 0. The van der Waals surface area contributed by atoms with E-state index in [-0.39, 0.29) is 12.5 Å². The smallest absolute Gasteiger partial charge is 0.257 e. The molecule has 4 nitrogen and oxygen atoms in total. The van der Waals surface area contributed by atoms with Gasteiger partial charge in [0.25, 0.3) is 5.91 Å². The maximum atomic E-state index is 12.0. The lowest BCUT2D eigenvalue weighted by molar-refractivity contribution is -0.133. The molecule has 0 saturated carbocycles. The summed E-state index contributed by atoms with van der Waals surface area (Å²) in [5.41, 5.74) is 7.54. The molecule has 1 atom stereocenters. The second kappa shape index (κ2) is 4.63. The van der Waals surface area contributed by atoms with Crippen LogP contribution in [-0.4, -0.2) is 31.7 Å². The summed E-state index contributed by atoms with van der Waals surface area (Å²) < 4.78 is 5.31.